The first-order valence-electron chi connectivity index (χ1n) is 8.44. The van der Waals surface area contributed by atoms with Crippen LogP contribution in [0.15, 0.2) is 76.5 Å². The van der Waals surface area contributed by atoms with Crippen molar-refractivity contribution in [3.8, 4) is 17.2 Å². The van der Waals surface area contributed by atoms with E-state index in [1.807, 2.05) is 0 Å². The molecule has 0 saturated heterocycles. The Kier molecular flexibility index (Phi) is 5.76. The van der Waals surface area contributed by atoms with Gasteiger partial charge in [0, 0.05) is 0 Å². The van der Waals surface area contributed by atoms with E-state index in [1.165, 1.54) is 67.8 Å². The second-order valence-electron chi connectivity index (χ2n) is 6.06. The van der Waals surface area contributed by atoms with Gasteiger partial charge in [0.1, 0.15) is 22.1 Å². The van der Waals surface area contributed by atoms with Gasteiger partial charge in [-0.3, -0.25) is 9.44 Å². The summed E-state index contributed by atoms with van der Waals surface area (Å²) in [4.78, 5) is -0.822. The molecule has 0 atom stereocenters. The van der Waals surface area contributed by atoms with Crippen molar-refractivity contribution >= 4 is 31.4 Å². The van der Waals surface area contributed by atoms with E-state index in [1.54, 1.807) is 0 Å². The van der Waals surface area contributed by atoms with Gasteiger partial charge in [0.15, 0.2) is 0 Å². The fourth-order valence-corrected chi connectivity index (χ4v) is 5.00. The zero-order valence-corrected chi connectivity index (χ0v) is 17.2. The molecule has 11 heteroatoms. The molecule has 0 aliphatic heterocycles. The van der Waals surface area contributed by atoms with Crippen molar-refractivity contribution in [2.45, 2.75) is 9.79 Å². The highest BCUT2D eigenvalue weighted by Crippen LogP contribution is 2.32. The van der Waals surface area contributed by atoms with E-state index in [2.05, 4.69) is 9.44 Å². The summed E-state index contributed by atoms with van der Waals surface area (Å²) in [5.41, 5.74) is -0.148. The van der Waals surface area contributed by atoms with Gasteiger partial charge in [-0.25, -0.2) is 16.8 Å². The van der Waals surface area contributed by atoms with Crippen LogP contribution in [-0.2, 0) is 20.0 Å². The summed E-state index contributed by atoms with van der Waals surface area (Å²) in [5, 5.41) is 19.6. The Bertz CT molecular complexity index is 1290. The van der Waals surface area contributed by atoms with Crippen molar-refractivity contribution in [3.63, 3.8) is 0 Å². The Morgan fingerprint density at radius 2 is 1.23 bits per heavy atom. The average Bonchev–Trinajstić information content (AvgIpc) is 2.70. The van der Waals surface area contributed by atoms with E-state index in [0.717, 1.165) is 6.07 Å². The molecular weight excluding hydrogens is 432 g/mol. The lowest BCUT2D eigenvalue weighted by Gasteiger charge is -2.15. The predicted octanol–water partition coefficient (Wildman–Crippen LogP) is 2.71. The van der Waals surface area contributed by atoms with Gasteiger partial charge in [-0.05, 0) is 42.5 Å². The van der Waals surface area contributed by atoms with Crippen LogP contribution in [0.3, 0.4) is 0 Å². The summed E-state index contributed by atoms with van der Waals surface area (Å²) in [7, 11) is -7.31. The number of para-hydroxylation sites is 4. The van der Waals surface area contributed by atoms with Gasteiger partial charge in [-0.1, -0.05) is 24.3 Å². The summed E-state index contributed by atoms with van der Waals surface area (Å²) < 4.78 is 60.7. The molecule has 0 aliphatic carbocycles. The summed E-state index contributed by atoms with van der Waals surface area (Å²) >= 11 is 0. The minimum atomic E-state index is -4.32. The number of methoxy groups -OCH3 is 1. The number of anilines is 2. The van der Waals surface area contributed by atoms with Crippen LogP contribution in [0.1, 0.15) is 0 Å². The molecule has 158 valence electrons. The minimum Gasteiger partial charge on any atom is -0.506 e. The first-order chi connectivity index (χ1) is 14.1. The lowest BCUT2D eigenvalue weighted by molar-refractivity contribution is 0.402. The molecular formula is C19H18N2O7S2. The third-order valence-corrected chi connectivity index (χ3v) is 6.78. The fourth-order valence-electron chi connectivity index (χ4n) is 2.56. The maximum Gasteiger partial charge on any atom is 0.265 e. The van der Waals surface area contributed by atoms with Gasteiger partial charge >= 0.3 is 0 Å². The Hall–Kier alpha value is -3.44. The molecule has 30 heavy (non-hydrogen) atoms. The first-order valence-corrected chi connectivity index (χ1v) is 11.4. The second kappa shape index (κ2) is 8.13. The molecule has 3 aromatic rings. The van der Waals surface area contributed by atoms with Gasteiger partial charge < -0.3 is 14.9 Å². The molecule has 0 spiro atoms. The van der Waals surface area contributed by atoms with Crippen LogP contribution in [0.25, 0.3) is 0 Å². The molecule has 0 amide bonds. The molecule has 0 bridgehead atoms. The normalized spacial score (nSPS) is 11.6. The maximum absolute atomic E-state index is 12.9. The zero-order valence-electron chi connectivity index (χ0n) is 15.6. The highest BCUT2D eigenvalue weighted by Gasteiger charge is 2.25. The number of ether oxygens (including phenoxy) is 1. The van der Waals surface area contributed by atoms with E-state index in [-0.39, 0.29) is 33.5 Å². The van der Waals surface area contributed by atoms with Crippen molar-refractivity contribution in [3.05, 3.63) is 66.7 Å². The van der Waals surface area contributed by atoms with E-state index in [4.69, 9.17) is 4.74 Å². The Labute approximate surface area is 173 Å². The SMILES string of the molecule is COc1ccc(S(=O)(=O)Nc2ccccc2O)cc1S(=O)(=O)Nc1ccccc1O. The van der Waals surface area contributed by atoms with Crippen LogP contribution in [-0.4, -0.2) is 34.2 Å². The molecule has 9 nitrogen and oxygen atoms in total. The third kappa shape index (κ3) is 4.42. The standard InChI is InChI=1S/C19H18N2O7S2/c1-28-18-11-10-13(29(24,25)20-14-6-2-4-8-16(14)22)12-19(18)30(26,27)21-15-7-3-5-9-17(15)23/h2-12,20-23H,1H3. The van der Waals surface area contributed by atoms with E-state index < -0.39 is 24.9 Å². The van der Waals surface area contributed by atoms with Gasteiger partial charge in [0.2, 0.25) is 0 Å². The second-order valence-corrected chi connectivity index (χ2v) is 9.39. The van der Waals surface area contributed by atoms with Crippen LogP contribution in [0.2, 0.25) is 0 Å². The topological polar surface area (TPSA) is 142 Å². The van der Waals surface area contributed by atoms with Crippen molar-refractivity contribution in [2.75, 3.05) is 16.6 Å². The summed E-state index contributed by atoms with van der Waals surface area (Å²) in [6.45, 7) is 0. The van der Waals surface area contributed by atoms with E-state index >= 15 is 0 Å². The number of nitrogens with one attached hydrogen (secondary N) is 2. The number of rotatable bonds is 7. The highest BCUT2D eigenvalue weighted by atomic mass is 32.2. The maximum atomic E-state index is 12.9. The van der Waals surface area contributed by atoms with Crippen LogP contribution >= 0.6 is 0 Å². The quantitative estimate of drug-likeness (QED) is 0.405. The predicted molar refractivity (Wildman–Crippen MR) is 111 cm³/mol. The summed E-state index contributed by atoms with van der Waals surface area (Å²) in [6, 6.07) is 14.7. The molecule has 0 aliphatic rings. The number of aromatic hydroxyl groups is 2. The number of hydrogen-bond acceptors (Lipinski definition) is 7. The molecule has 0 radical (unpaired) electrons. The number of phenols is 2. The van der Waals surface area contributed by atoms with Crippen molar-refractivity contribution in [2.24, 2.45) is 0 Å². The van der Waals surface area contributed by atoms with E-state index in [9.17, 15) is 27.0 Å². The number of hydrogen-bond donors (Lipinski definition) is 4. The van der Waals surface area contributed by atoms with Crippen molar-refractivity contribution < 1.29 is 31.8 Å². The number of benzene rings is 3. The average molecular weight is 450 g/mol. The Morgan fingerprint density at radius 1 is 0.733 bits per heavy atom. The highest BCUT2D eigenvalue weighted by molar-refractivity contribution is 7.93. The van der Waals surface area contributed by atoms with Gasteiger partial charge in [0.25, 0.3) is 20.0 Å². The van der Waals surface area contributed by atoms with Crippen LogP contribution < -0.4 is 14.2 Å². The Morgan fingerprint density at radius 3 is 1.73 bits per heavy atom. The zero-order chi connectivity index (χ0) is 21.9. The van der Waals surface area contributed by atoms with Crippen molar-refractivity contribution in [1.82, 2.24) is 0 Å². The van der Waals surface area contributed by atoms with Crippen LogP contribution in [0, 0.1) is 0 Å². The summed E-state index contributed by atoms with van der Waals surface area (Å²) in [5.74, 6) is -0.687. The number of sulfonamides is 2. The fraction of sp³-hybridized carbons (Fsp3) is 0.0526. The van der Waals surface area contributed by atoms with Crippen LogP contribution in [0.5, 0.6) is 17.2 Å². The molecule has 4 N–H and O–H groups in total. The molecule has 0 fully saturated rings. The molecule has 3 aromatic carbocycles. The molecule has 0 aromatic heterocycles. The molecule has 3 rings (SSSR count). The lowest BCUT2D eigenvalue weighted by Crippen LogP contribution is -2.17. The molecule has 0 saturated carbocycles. The minimum absolute atomic E-state index is 0.0648. The number of phenolic OH excluding ortho intramolecular Hbond substituents is 2. The van der Waals surface area contributed by atoms with E-state index in [0.29, 0.717) is 0 Å². The molecule has 0 unspecified atom stereocenters. The summed E-state index contributed by atoms with van der Waals surface area (Å²) in [6.07, 6.45) is 0. The van der Waals surface area contributed by atoms with Gasteiger partial charge in [0.05, 0.1) is 23.4 Å². The van der Waals surface area contributed by atoms with Gasteiger partial charge in [-0.2, -0.15) is 0 Å². The van der Waals surface area contributed by atoms with Gasteiger partial charge in [-0.15, -0.1) is 0 Å². The first kappa shape index (κ1) is 21.3. The smallest absolute Gasteiger partial charge is 0.265 e. The Balaban J connectivity index is 2.03. The monoisotopic (exact) mass is 450 g/mol. The largest absolute Gasteiger partial charge is 0.506 e. The lowest BCUT2D eigenvalue weighted by atomic mass is 10.3. The van der Waals surface area contributed by atoms with Crippen LogP contribution in [0.4, 0.5) is 11.4 Å². The van der Waals surface area contributed by atoms with Crippen molar-refractivity contribution in [1.29, 1.82) is 0 Å². The third-order valence-electron chi connectivity index (χ3n) is 4.03. The molecule has 0 heterocycles.